The van der Waals surface area contributed by atoms with Gasteiger partial charge in [-0.05, 0) is 72.7 Å². The van der Waals surface area contributed by atoms with Gasteiger partial charge in [-0.25, -0.2) is 14.8 Å². The van der Waals surface area contributed by atoms with Gasteiger partial charge in [0.05, 0.1) is 28.9 Å². The Morgan fingerprint density at radius 1 is 1.05 bits per heavy atom. The van der Waals surface area contributed by atoms with Crippen LogP contribution < -0.4 is 0 Å². The summed E-state index contributed by atoms with van der Waals surface area (Å²) < 4.78 is 2.34. The topological polar surface area (TPSA) is 70.7 Å². The predicted octanol–water partition coefficient (Wildman–Crippen LogP) is 6.45. The Bertz CT molecular complexity index is 1590. The van der Waals surface area contributed by atoms with Crippen LogP contribution in [-0.2, 0) is 13.0 Å². The van der Waals surface area contributed by atoms with Crippen molar-refractivity contribution < 1.29 is 9.90 Å². The number of aryl methyl sites for hydroxylation is 2. The van der Waals surface area contributed by atoms with Gasteiger partial charge in [0, 0.05) is 25.1 Å². The summed E-state index contributed by atoms with van der Waals surface area (Å²) in [6.45, 7) is 6.99. The molecule has 6 heteroatoms. The zero-order valence-corrected chi connectivity index (χ0v) is 21.9. The zero-order chi connectivity index (χ0) is 26.2. The molecule has 192 valence electrons. The molecule has 0 unspecified atom stereocenters. The Morgan fingerprint density at radius 2 is 1.87 bits per heavy atom. The van der Waals surface area contributed by atoms with E-state index >= 15 is 0 Å². The number of allylic oxidation sites excluding steroid dienone is 1. The highest BCUT2D eigenvalue weighted by Gasteiger charge is 2.24. The third-order valence-electron chi connectivity index (χ3n) is 7.57. The van der Waals surface area contributed by atoms with Gasteiger partial charge >= 0.3 is 5.97 Å². The molecule has 3 heterocycles. The first kappa shape index (κ1) is 24.2. The third-order valence-corrected chi connectivity index (χ3v) is 7.57. The van der Waals surface area contributed by atoms with E-state index in [1.807, 2.05) is 24.3 Å². The van der Waals surface area contributed by atoms with E-state index in [9.17, 15) is 9.90 Å². The fourth-order valence-corrected chi connectivity index (χ4v) is 5.64. The average molecular weight is 505 g/mol. The van der Waals surface area contributed by atoms with E-state index in [1.54, 1.807) is 12.1 Å². The van der Waals surface area contributed by atoms with Gasteiger partial charge in [0.1, 0.15) is 11.6 Å². The highest BCUT2D eigenvalue weighted by Crippen LogP contribution is 2.29. The summed E-state index contributed by atoms with van der Waals surface area (Å²) in [6, 6.07) is 19.9. The minimum atomic E-state index is -0.913. The largest absolute Gasteiger partial charge is 0.478 e. The molecule has 0 spiro atoms. The molecule has 2 aliphatic heterocycles. The van der Waals surface area contributed by atoms with Crippen LogP contribution in [0.1, 0.15) is 59.1 Å². The Balaban J connectivity index is 1.36. The summed E-state index contributed by atoms with van der Waals surface area (Å²) in [5.74, 6) is 1.30. The number of carboxylic acid groups (broad SMARTS) is 1. The van der Waals surface area contributed by atoms with Crippen molar-refractivity contribution in [3.05, 3.63) is 101 Å². The van der Waals surface area contributed by atoms with Crippen LogP contribution in [-0.4, -0.2) is 44.3 Å². The van der Waals surface area contributed by atoms with Crippen molar-refractivity contribution >= 4 is 22.7 Å². The quantitative estimate of drug-likeness (QED) is 0.314. The summed E-state index contributed by atoms with van der Waals surface area (Å²) in [5.41, 5.74) is 8.79. The summed E-state index contributed by atoms with van der Waals surface area (Å²) in [5, 5.41) is 9.59. The lowest BCUT2D eigenvalue weighted by Gasteiger charge is -2.21. The molecule has 4 aromatic rings. The summed E-state index contributed by atoms with van der Waals surface area (Å²) in [4.78, 5) is 24.1. The van der Waals surface area contributed by atoms with Crippen LogP contribution in [0.2, 0.25) is 0 Å². The van der Waals surface area contributed by atoms with E-state index in [0.29, 0.717) is 12.1 Å². The second-order valence-corrected chi connectivity index (χ2v) is 10.3. The number of carboxylic acids is 1. The van der Waals surface area contributed by atoms with E-state index in [4.69, 9.17) is 9.98 Å². The summed E-state index contributed by atoms with van der Waals surface area (Å²) >= 11 is 0. The van der Waals surface area contributed by atoms with Crippen LogP contribution >= 0.6 is 0 Å². The Kier molecular flexibility index (Phi) is 6.32. The molecule has 0 amide bonds. The van der Waals surface area contributed by atoms with Crippen LogP contribution in [0.5, 0.6) is 0 Å². The van der Waals surface area contributed by atoms with Gasteiger partial charge in [-0.1, -0.05) is 49.4 Å². The average Bonchev–Trinajstić information content (AvgIpc) is 3.51. The molecule has 6 nitrogen and oxygen atoms in total. The van der Waals surface area contributed by atoms with Crippen molar-refractivity contribution in [2.45, 2.75) is 46.1 Å². The standard InChI is InChI=1S/C32H32N4O2/c1-3-8-30-34-31-21(2)17-24(27-20-35-16-7-6-11-29(35)33-27)18-28(31)36(30)19-22-12-14-23(15-13-22)25-9-4-5-10-26(25)32(37)38/h4-5,9-15,17-18H,3,6-8,16,19-20H2,1-2H3,(H,37,38). The Labute approximate surface area is 223 Å². The van der Waals surface area contributed by atoms with E-state index < -0.39 is 5.97 Å². The van der Waals surface area contributed by atoms with Crippen LogP contribution in [0.4, 0.5) is 0 Å². The van der Waals surface area contributed by atoms with E-state index in [-0.39, 0.29) is 0 Å². The minimum absolute atomic E-state index is 0.316. The molecule has 0 fully saturated rings. The number of hydrogen-bond acceptors (Lipinski definition) is 4. The first-order valence-corrected chi connectivity index (χ1v) is 13.5. The van der Waals surface area contributed by atoms with Gasteiger partial charge in [-0.3, -0.25) is 0 Å². The first-order chi connectivity index (χ1) is 18.5. The minimum Gasteiger partial charge on any atom is -0.478 e. The van der Waals surface area contributed by atoms with Crippen molar-refractivity contribution in [2.24, 2.45) is 4.99 Å². The highest BCUT2D eigenvalue weighted by molar-refractivity contribution is 6.06. The molecule has 2 aliphatic rings. The smallest absolute Gasteiger partial charge is 0.336 e. The Morgan fingerprint density at radius 3 is 2.63 bits per heavy atom. The maximum Gasteiger partial charge on any atom is 0.336 e. The second kappa shape index (κ2) is 9.93. The monoisotopic (exact) mass is 504 g/mol. The number of hydrogen-bond donors (Lipinski definition) is 1. The van der Waals surface area contributed by atoms with Gasteiger partial charge in [0.15, 0.2) is 0 Å². The highest BCUT2D eigenvalue weighted by atomic mass is 16.4. The lowest BCUT2D eigenvalue weighted by Crippen LogP contribution is -2.25. The molecule has 6 rings (SSSR count). The van der Waals surface area contributed by atoms with Crippen LogP contribution in [0.15, 0.2) is 77.6 Å². The fraction of sp³-hybridized carbons (Fsp3) is 0.281. The molecule has 0 bridgehead atoms. The number of aliphatic imine (C=N–C) groups is 1. The predicted molar refractivity (Wildman–Crippen MR) is 152 cm³/mol. The van der Waals surface area contributed by atoms with Crippen molar-refractivity contribution in [3.8, 4) is 11.1 Å². The maximum absolute atomic E-state index is 11.7. The molecular weight excluding hydrogens is 472 g/mol. The molecule has 1 N–H and O–H groups in total. The van der Waals surface area contributed by atoms with Gasteiger partial charge in [-0.15, -0.1) is 0 Å². The number of nitrogens with zero attached hydrogens (tertiary/aromatic N) is 4. The number of fused-ring (bicyclic) bond motifs is 2. The van der Waals surface area contributed by atoms with Crippen molar-refractivity contribution in [1.29, 1.82) is 0 Å². The number of benzene rings is 3. The van der Waals surface area contributed by atoms with Crippen LogP contribution in [0.3, 0.4) is 0 Å². The number of aromatic carboxylic acids is 1. The van der Waals surface area contributed by atoms with Gasteiger partial charge in [0.25, 0.3) is 0 Å². The van der Waals surface area contributed by atoms with Crippen LogP contribution in [0, 0.1) is 6.92 Å². The lowest BCUT2D eigenvalue weighted by molar-refractivity contribution is 0.0697. The van der Waals surface area contributed by atoms with E-state index in [2.05, 4.69) is 53.7 Å². The van der Waals surface area contributed by atoms with Crippen LogP contribution in [0.25, 0.3) is 22.2 Å². The molecule has 0 aliphatic carbocycles. The number of aromatic nitrogens is 2. The van der Waals surface area contributed by atoms with E-state index in [1.165, 1.54) is 17.5 Å². The molecule has 1 aromatic heterocycles. The molecule has 38 heavy (non-hydrogen) atoms. The van der Waals surface area contributed by atoms with Gasteiger partial charge in [-0.2, -0.15) is 0 Å². The molecule has 0 saturated heterocycles. The third kappa shape index (κ3) is 4.40. The zero-order valence-electron chi connectivity index (χ0n) is 21.9. The van der Waals surface area contributed by atoms with E-state index in [0.717, 1.165) is 77.4 Å². The number of carbonyl (C=O) groups is 1. The summed E-state index contributed by atoms with van der Waals surface area (Å²) in [7, 11) is 0. The number of rotatable bonds is 7. The molecule has 0 saturated carbocycles. The van der Waals surface area contributed by atoms with Gasteiger partial charge < -0.3 is 14.6 Å². The Hall–Kier alpha value is -4.19. The van der Waals surface area contributed by atoms with Gasteiger partial charge in [0.2, 0.25) is 0 Å². The fourth-order valence-electron chi connectivity index (χ4n) is 5.64. The van der Waals surface area contributed by atoms with Crippen molar-refractivity contribution in [1.82, 2.24) is 14.5 Å². The maximum atomic E-state index is 11.7. The van der Waals surface area contributed by atoms with Crippen molar-refractivity contribution in [2.75, 3.05) is 13.1 Å². The molecule has 0 radical (unpaired) electrons. The molecule has 3 aromatic carbocycles. The SMILES string of the molecule is CCCc1nc2c(C)cc(C3=NC4=CCCCN4C3)cc2n1Cc1ccc(-c2ccccc2C(=O)O)cc1. The second-order valence-electron chi connectivity index (χ2n) is 10.3. The first-order valence-electron chi connectivity index (χ1n) is 13.5. The normalized spacial score (nSPS) is 14.9. The molecular formula is C32H32N4O2. The van der Waals surface area contributed by atoms with Crippen molar-refractivity contribution in [3.63, 3.8) is 0 Å². The number of imidazole rings is 1. The summed E-state index contributed by atoms with van der Waals surface area (Å²) in [6.07, 6.45) is 6.49. The molecule has 0 atom stereocenters. The lowest BCUT2D eigenvalue weighted by atomic mass is 9.98.